The van der Waals surface area contributed by atoms with Crippen LogP contribution in [0, 0.1) is 0 Å². The molecule has 0 bridgehead atoms. The molecule has 1 aromatic carbocycles. The molecule has 0 saturated carbocycles. The zero-order valence-electron chi connectivity index (χ0n) is 10.4. The van der Waals surface area contributed by atoms with Crippen LogP contribution < -0.4 is 16.4 Å². The Morgan fingerprint density at radius 1 is 1.35 bits per heavy atom. The van der Waals surface area contributed by atoms with Gasteiger partial charge in [-0.05, 0) is 17.7 Å². The van der Waals surface area contributed by atoms with Crippen LogP contribution in [0.15, 0.2) is 24.3 Å². The summed E-state index contributed by atoms with van der Waals surface area (Å²) in [5.41, 5.74) is 5.66. The van der Waals surface area contributed by atoms with E-state index in [4.69, 9.17) is 22.4 Å². The minimum absolute atomic E-state index is 0.176. The number of benzene rings is 1. The SMILES string of the molecule is NC(=O)C[C@@H](NC(=O)NCc1cccc(Cl)c1)C(=O)O. The van der Waals surface area contributed by atoms with Crippen LogP contribution in [-0.2, 0) is 16.1 Å². The number of carboxylic acid groups (broad SMARTS) is 1. The first-order valence-electron chi connectivity index (χ1n) is 5.68. The average Bonchev–Trinajstić information content (AvgIpc) is 2.35. The number of urea groups is 1. The maximum Gasteiger partial charge on any atom is 0.326 e. The number of hydrogen-bond acceptors (Lipinski definition) is 3. The summed E-state index contributed by atoms with van der Waals surface area (Å²) in [6.07, 6.45) is -0.472. The number of nitrogens with two attached hydrogens (primary N) is 1. The third-order valence-corrected chi connectivity index (χ3v) is 2.59. The molecule has 7 nitrogen and oxygen atoms in total. The van der Waals surface area contributed by atoms with E-state index in [1.165, 1.54) is 0 Å². The van der Waals surface area contributed by atoms with Crippen molar-refractivity contribution in [3.63, 3.8) is 0 Å². The zero-order valence-corrected chi connectivity index (χ0v) is 11.2. The maximum absolute atomic E-state index is 11.5. The molecule has 108 valence electrons. The highest BCUT2D eigenvalue weighted by Crippen LogP contribution is 2.10. The molecule has 0 aliphatic carbocycles. The first kappa shape index (κ1) is 15.8. The third-order valence-electron chi connectivity index (χ3n) is 2.35. The molecule has 0 radical (unpaired) electrons. The molecule has 1 rings (SSSR count). The Morgan fingerprint density at radius 2 is 2.05 bits per heavy atom. The van der Waals surface area contributed by atoms with Gasteiger partial charge >= 0.3 is 12.0 Å². The van der Waals surface area contributed by atoms with E-state index in [2.05, 4.69) is 10.6 Å². The van der Waals surface area contributed by atoms with Crippen LogP contribution in [0.2, 0.25) is 5.02 Å². The van der Waals surface area contributed by atoms with E-state index in [1.54, 1.807) is 24.3 Å². The molecule has 0 saturated heterocycles. The van der Waals surface area contributed by atoms with E-state index in [0.29, 0.717) is 5.02 Å². The summed E-state index contributed by atoms with van der Waals surface area (Å²) in [7, 11) is 0. The lowest BCUT2D eigenvalue weighted by Crippen LogP contribution is -2.47. The highest BCUT2D eigenvalue weighted by molar-refractivity contribution is 6.30. The van der Waals surface area contributed by atoms with Gasteiger partial charge in [-0.1, -0.05) is 23.7 Å². The van der Waals surface area contributed by atoms with Crippen molar-refractivity contribution >= 4 is 29.5 Å². The van der Waals surface area contributed by atoms with Gasteiger partial charge in [0, 0.05) is 11.6 Å². The molecule has 3 amide bonds. The predicted molar refractivity (Wildman–Crippen MR) is 72.1 cm³/mol. The molecule has 0 aromatic heterocycles. The molecule has 0 heterocycles. The van der Waals surface area contributed by atoms with Crippen molar-refractivity contribution in [2.45, 2.75) is 19.0 Å². The number of carbonyl (C=O) groups excluding carboxylic acids is 2. The van der Waals surface area contributed by atoms with Crippen LogP contribution in [0.1, 0.15) is 12.0 Å². The second-order valence-corrected chi connectivity index (χ2v) is 4.45. The van der Waals surface area contributed by atoms with Crippen molar-refractivity contribution in [2.75, 3.05) is 0 Å². The molecule has 5 N–H and O–H groups in total. The van der Waals surface area contributed by atoms with Gasteiger partial charge in [-0.15, -0.1) is 0 Å². The molecule has 20 heavy (non-hydrogen) atoms. The second kappa shape index (κ2) is 7.34. The summed E-state index contributed by atoms with van der Waals surface area (Å²) >= 11 is 5.79. The van der Waals surface area contributed by atoms with Gasteiger partial charge in [-0.2, -0.15) is 0 Å². The maximum atomic E-state index is 11.5. The van der Waals surface area contributed by atoms with Crippen LogP contribution in [0.5, 0.6) is 0 Å². The minimum atomic E-state index is -1.35. The lowest BCUT2D eigenvalue weighted by Gasteiger charge is -2.13. The molecule has 0 spiro atoms. The number of rotatable bonds is 6. The quantitative estimate of drug-likeness (QED) is 0.610. The highest BCUT2D eigenvalue weighted by atomic mass is 35.5. The van der Waals surface area contributed by atoms with Gasteiger partial charge in [0.25, 0.3) is 0 Å². The number of nitrogens with one attached hydrogen (secondary N) is 2. The number of amides is 3. The minimum Gasteiger partial charge on any atom is -0.480 e. The molecular weight excluding hydrogens is 286 g/mol. The lowest BCUT2D eigenvalue weighted by atomic mass is 10.2. The van der Waals surface area contributed by atoms with Crippen LogP contribution in [0.3, 0.4) is 0 Å². The molecule has 0 aliphatic heterocycles. The zero-order chi connectivity index (χ0) is 15.1. The van der Waals surface area contributed by atoms with E-state index in [-0.39, 0.29) is 6.54 Å². The molecule has 1 atom stereocenters. The topological polar surface area (TPSA) is 122 Å². The van der Waals surface area contributed by atoms with E-state index >= 15 is 0 Å². The summed E-state index contributed by atoms with van der Waals surface area (Å²) < 4.78 is 0. The number of carbonyl (C=O) groups is 3. The van der Waals surface area contributed by atoms with Crippen molar-refractivity contribution in [3.8, 4) is 0 Å². The van der Waals surface area contributed by atoms with Crippen LogP contribution in [-0.4, -0.2) is 29.1 Å². The standard InChI is InChI=1S/C12H14ClN3O4/c13-8-3-1-2-7(4-8)6-15-12(20)16-9(11(18)19)5-10(14)17/h1-4,9H,5-6H2,(H2,14,17)(H,18,19)(H2,15,16,20)/t9-/m1/s1. The Balaban J connectivity index is 2.49. The Bertz CT molecular complexity index is 521. The van der Waals surface area contributed by atoms with Crippen LogP contribution >= 0.6 is 11.6 Å². The smallest absolute Gasteiger partial charge is 0.326 e. The first-order valence-corrected chi connectivity index (χ1v) is 6.06. The second-order valence-electron chi connectivity index (χ2n) is 4.02. The number of carboxylic acids is 1. The van der Waals surface area contributed by atoms with Crippen LogP contribution in [0.4, 0.5) is 4.79 Å². The van der Waals surface area contributed by atoms with Gasteiger partial charge < -0.3 is 21.5 Å². The van der Waals surface area contributed by atoms with E-state index in [9.17, 15) is 14.4 Å². The van der Waals surface area contributed by atoms with Crippen molar-refractivity contribution in [3.05, 3.63) is 34.9 Å². The summed E-state index contributed by atoms with van der Waals surface area (Å²) in [6.45, 7) is 0.176. The normalized spacial score (nSPS) is 11.4. The Kier molecular flexibility index (Phi) is 5.79. The number of hydrogen-bond donors (Lipinski definition) is 4. The number of primary amides is 1. The van der Waals surface area contributed by atoms with Gasteiger partial charge in [0.1, 0.15) is 6.04 Å². The fourth-order valence-corrected chi connectivity index (χ4v) is 1.65. The third kappa shape index (κ3) is 5.57. The van der Waals surface area contributed by atoms with Gasteiger partial charge in [-0.3, -0.25) is 4.79 Å². The van der Waals surface area contributed by atoms with Gasteiger partial charge in [0.2, 0.25) is 5.91 Å². The summed E-state index contributed by atoms with van der Waals surface area (Å²) in [4.78, 5) is 33.0. The first-order chi connectivity index (χ1) is 9.38. The van der Waals surface area contributed by atoms with E-state index in [1.807, 2.05) is 0 Å². The predicted octanol–water partition coefficient (Wildman–Crippen LogP) is 0.468. The number of halogens is 1. The average molecular weight is 300 g/mol. The Labute approximate surface area is 120 Å². The van der Waals surface area contributed by atoms with E-state index < -0.39 is 30.4 Å². The van der Waals surface area contributed by atoms with Gasteiger partial charge in [0.05, 0.1) is 6.42 Å². The molecule has 0 fully saturated rings. The van der Waals surface area contributed by atoms with Crippen molar-refractivity contribution in [1.82, 2.24) is 10.6 Å². The van der Waals surface area contributed by atoms with Gasteiger partial charge in [-0.25, -0.2) is 9.59 Å². The molecule has 0 unspecified atom stereocenters. The van der Waals surface area contributed by atoms with Crippen molar-refractivity contribution < 1.29 is 19.5 Å². The Morgan fingerprint density at radius 3 is 2.60 bits per heavy atom. The Hall–Kier alpha value is -2.28. The van der Waals surface area contributed by atoms with Crippen molar-refractivity contribution in [2.24, 2.45) is 5.73 Å². The lowest BCUT2D eigenvalue weighted by molar-refractivity contribution is -0.140. The number of aliphatic carboxylic acids is 1. The van der Waals surface area contributed by atoms with Crippen LogP contribution in [0.25, 0.3) is 0 Å². The monoisotopic (exact) mass is 299 g/mol. The summed E-state index contributed by atoms with van der Waals surface area (Å²) in [5.74, 6) is -2.14. The van der Waals surface area contributed by atoms with Crippen molar-refractivity contribution in [1.29, 1.82) is 0 Å². The van der Waals surface area contributed by atoms with E-state index in [0.717, 1.165) is 5.56 Å². The molecule has 0 aliphatic rings. The highest BCUT2D eigenvalue weighted by Gasteiger charge is 2.21. The summed E-state index contributed by atoms with van der Waals surface area (Å²) in [6, 6.07) is 4.78. The summed E-state index contributed by atoms with van der Waals surface area (Å²) in [5, 5.41) is 14.0. The molecule has 8 heteroatoms. The largest absolute Gasteiger partial charge is 0.480 e. The van der Waals surface area contributed by atoms with Gasteiger partial charge in [0.15, 0.2) is 0 Å². The molecule has 1 aromatic rings. The fraction of sp³-hybridized carbons (Fsp3) is 0.250. The fourth-order valence-electron chi connectivity index (χ4n) is 1.44. The molecular formula is C12H14ClN3O4.